The highest BCUT2D eigenvalue weighted by Crippen LogP contribution is 2.09. The van der Waals surface area contributed by atoms with Crippen LogP contribution < -0.4 is 5.73 Å². The number of hydrogen-bond donors (Lipinski definition) is 1. The molecule has 0 aromatic rings. The summed E-state index contributed by atoms with van der Waals surface area (Å²) in [6.07, 6.45) is 2.55. The minimum Gasteiger partial charge on any atom is -0.381 e. The smallest absolute Gasteiger partial charge is 0.224 e. The average molecular weight is 200 g/mol. The van der Waals surface area contributed by atoms with Crippen LogP contribution in [0.3, 0.4) is 0 Å². The molecule has 14 heavy (non-hydrogen) atoms. The van der Waals surface area contributed by atoms with Gasteiger partial charge in [-0.25, -0.2) is 0 Å². The molecule has 1 aliphatic rings. The fourth-order valence-corrected chi connectivity index (χ4v) is 1.70. The van der Waals surface area contributed by atoms with E-state index in [4.69, 9.17) is 10.5 Å². The van der Waals surface area contributed by atoms with E-state index in [-0.39, 0.29) is 11.9 Å². The first kappa shape index (κ1) is 11.5. The molecule has 1 saturated heterocycles. The van der Waals surface area contributed by atoms with Gasteiger partial charge in [0.15, 0.2) is 0 Å². The van der Waals surface area contributed by atoms with Gasteiger partial charge < -0.3 is 15.4 Å². The molecule has 1 fully saturated rings. The lowest BCUT2D eigenvalue weighted by atomic mass is 10.1. The van der Waals surface area contributed by atoms with Gasteiger partial charge in [0.05, 0.1) is 13.0 Å². The summed E-state index contributed by atoms with van der Waals surface area (Å²) in [6, 6.07) is 0.166. The van der Waals surface area contributed by atoms with Gasteiger partial charge >= 0.3 is 0 Å². The van der Waals surface area contributed by atoms with Crippen molar-refractivity contribution in [2.45, 2.75) is 32.2 Å². The SMILES string of the molecule is CCOCCC(=O)N1CCCC(N)C1. The van der Waals surface area contributed by atoms with Crippen LogP contribution in [0.4, 0.5) is 0 Å². The van der Waals surface area contributed by atoms with Crippen molar-refractivity contribution in [3.05, 3.63) is 0 Å². The highest BCUT2D eigenvalue weighted by atomic mass is 16.5. The number of amides is 1. The first-order valence-corrected chi connectivity index (χ1v) is 5.35. The summed E-state index contributed by atoms with van der Waals surface area (Å²) in [7, 11) is 0. The molecule has 4 heteroatoms. The number of ether oxygens (including phenoxy) is 1. The highest BCUT2D eigenvalue weighted by Gasteiger charge is 2.20. The molecule has 1 unspecified atom stereocenters. The van der Waals surface area contributed by atoms with E-state index in [1.54, 1.807) is 0 Å². The Balaban J connectivity index is 2.22. The molecule has 0 saturated carbocycles. The molecule has 0 spiro atoms. The lowest BCUT2D eigenvalue weighted by Gasteiger charge is -2.30. The van der Waals surface area contributed by atoms with Crippen LogP contribution in [-0.2, 0) is 9.53 Å². The van der Waals surface area contributed by atoms with Gasteiger partial charge in [0.1, 0.15) is 0 Å². The van der Waals surface area contributed by atoms with Gasteiger partial charge in [-0.05, 0) is 19.8 Å². The van der Waals surface area contributed by atoms with Crippen molar-refractivity contribution in [1.29, 1.82) is 0 Å². The Hall–Kier alpha value is -0.610. The summed E-state index contributed by atoms with van der Waals surface area (Å²) in [5, 5.41) is 0. The molecule has 1 amide bonds. The number of likely N-dealkylation sites (tertiary alicyclic amines) is 1. The predicted molar refractivity (Wildman–Crippen MR) is 54.9 cm³/mol. The van der Waals surface area contributed by atoms with E-state index in [1.165, 1.54) is 0 Å². The molecule has 1 heterocycles. The summed E-state index contributed by atoms with van der Waals surface area (Å²) >= 11 is 0. The quantitative estimate of drug-likeness (QED) is 0.667. The second-order valence-electron chi connectivity index (χ2n) is 3.69. The van der Waals surface area contributed by atoms with E-state index >= 15 is 0 Å². The zero-order valence-electron chi connectivity index (χ0n) is 8.87. The van der Waals surface area contributed by atoms with Crippen LogP contribution in [0.15, 0.2) is 0 Å². The Kier molecular flexibility index (Phi) is 4.90. The topological polar surface area (TPSA) is 55.6 Å². The highest BCUT2D eigenvalue weighted by molar-refractivity contribution is 5.76. The number of nitrogens with zero attached hydrogens (tertiary/aromatic N) is 1. The van der Waals surface area contributed by atoms with E-state index < -0.39 is 0 Å². The fourth-order valence-electron chi connectivity index (χ4n) is 1.70. The van der Waals surface area contributed by atoms with Crippen molar-refractivity contribution < 1.29 is 9.53 Å². The summed E-state index contributed by atoms with van der Waals surface area (Å²) in [5.41, 5.74) is 5.79. The molecule has 0 aromatic heterocycles. The maximum absolute atomic E-state index is 11.6. The van der Waals surface area contributed by atoms with Gasteiger partial charge in [-0.2, -0.15) is 0 Å². The van der Waals surface area contributed by atoms with Crippen molar-refractivity contribution in [2.24, 2.45) is 5.73 Å². The van der Waals surface area contributed by atoms with E-state index in [9.17, 15) is 4.79 Å². The maximum atomic E-state index is 11.6. The normalized spacial score (nSPS) is 22.4. The Labute approximate surface area is 85.4 Å². The maximum Gasteiger partial charge on any atom is 0.224 e. The van der Waals surface area contributed by atoms with Crippen LogP contribution in [0, 0.1) is 0 Å². The third-order valence-electron chi connectivity index (χ3n) is 2.47. The van der Waals surface area contributed by atoms with Crippen LogP contribution in [0.5, 0.6) is 0 Å². The third-order valence-corrected chi connectivity index (χ3v) is 2.47. The first-order valence-electron chi connectivity index (χ1n) is 5.35. The summed E-state index contributed by atoms with van der Waals surface area (Å²) in [5.74, 6) is 0.175. The third kappa shape index (κ3) is 3.64. The zero-order chi connectivity index (χ0) is 10.4. The number of piperidine rings is 1. The Morgan fingerprint density at radius 2 is 2.43 bits per heavy atom. The van der Waals surface area contributed by atoms with Crippen molar-refractivity contribution in [2.75, 3.05) is 26.3 Å². The molecule has 0 radical (unpaired) electrons. The number of carbonyl (C=O) groups excluding carboxylic acids is 1. The van der Waals surface area contributed by atoms with Crippen molar-refractivity contribution in [1.82, 2.24) is 4.90 Å². The Bertz CT molecular complexity index is 185. The fraction of sp³-hybridized carbons (Fsp3) is 0.900. The number of rotatable bonds is 4. The zero-order valence-corrected chi connectivity index (χ0v) is 8.87. The number of nitrogens with two attached hydrogens (primary N) is 1. The number of carbonyl (C=O) groups is 1. The van der Waals surface area contributed by atoms with Crippen LogP contribution in [-0.4, -0.2) is 43.2 Å². The summed E-state index contributed by atoms with van der Waals surface area (Å²) in [4.78, 5) is 13.5. The minimum atomic E-state index is 0.166. The predicted octanol–water partition coefficient (Wildman–Crippen LogP) is 0.363. The van der Waals surface area contributed by atoms with Crippen molar-refractivity contribution in [3.8, 4) is 0 Å². The van der Waals surface area contributed by atoms with Gasteiger partial charge in [0.2, 0.25) is 5.91 Å². The molecule has 1 aliphatic heterocycles. The molecular formula is C10H20N2O2. The van der Waals surface area contributed by atoms with E-state index in [2.05, 4.69) is 0 Å². The van der Waals surface area contributed by atoms with Gasteiger partial charge in [-0.1, -0.05) is 0 Å². The van der Waals surface area contributed by atoms with Crippen LogP contribution >= 0.6 is 0 Å². The largest absolute Gasteiger partial charge is 0.381 e. The summed E-state index contributed by atoms with van der Waals surface area (Å²) in [6.45, 7) is 4.71. The number of hydrogen-bond acceptors (Lipinski definition) is 3. The lowest BCUT2D eigenvalue weighted by molar-refractivity contribution is -0.133. The molecule has 0 aromatic carbocycles. The van der Waals surface area contributed by atoms with Crippen LogP contribution in [0.1, 0.15) is 26.2 Å². The lowest BCUT2D eigenvalue weighted by Crippen LogP contribution is -2.45. The van der Waals surface area contributed by atoms with Gasteiger partial charge in [-0.15, -0.1) is 0 Å². The van der Waals surface area contributed by atoms with E-state index in [0.29, 0.717) is 26.2 Å². The van der Waals surface area contributed by atoms with Crippen molar-refractivity contribution >= 4 is 5.91 Å². The van der Waals surface area contributed by atoms with Crippen LogP contribution in [0.25, 0.3) is 0 Å². The molecule has 0 bridgehead atoms. The molecule has 1 rings (SSSR count). The summed E-state index contributed by atoms with van der Waals surface area (Å²) < 4.78 is 5.14. The average Bonchev–Trinajstić information content (AvgIpc) is 2.18. The van der Waals surface area contributed by atoms with E-state index in [1.807, 2.05) is 11.8 Å². The molecule has 2 N–H and O–H groups in total. The molecule has 0 aliphatic carbocycles. The Morgan fingerprint density at radius 3 is 3.07 bits per heavy atom. The van der Waals surface area contributed by atoms with Crippen molar-refractivity contribution in [3.63, 3.8) is 0 Å². The van der Waals surface area contributed by atoms with Crippen LogP contribution in [0.2, 0.25) is 0 Å². The van der Waals surface area contributed by atoms with Gasteiger partial charge in [0, 0.05) is 25.7 Å². The molecule has 1 atom stereocenters. The first-order chi connectivity index (χ1) is 6.74. The second-order valence-corrected chi connectivity index (χ2v) is 3.69. The van der Waals surface area contributed by atoms with Gasteiger partial charge in [0.25, 0.3) is 0 Å². The minimum absolute atomic E-state index is 0.166. The Morgan fingerprint density at radius 1 is 1.64 bits per heavy atom. The standard InChI is InChI=1S/C10H20N2O2/c1-2-14-7-5-10(13)12-6-3-4-9(11)8-12/h9H,2-8,11H2,1H3. The molecule has 4 nitrogen and oxygen atoms in total. The van der Waals surface area contributed by atoms with Gasteiger partial charge in [-0.3, -0.25) is 4.79 Å². The molecular weight excluding hydrogens is 180 g/mol. The van der Waals surface area contributed by atoms with E-state index in [0.717, 1.165) is 19.4 Å². The monoisotopic (exact) mass is 200 g/mol. The second kappa shape index (κ2) is 5.98. The molecule has 82 valence electrons.